The molecule has 3 heterocycles. The van der Waals surface area contributed by atoms with Gasteiger partial charge in [0.2, 0.25) is 0 Å². The third-order valence-electron chi connectivity index (χ3n) is 6.56. The number of H-pyrrole nitrogens is 1. The number of carbonyl (C=O) groups excluding carboxylic acids is 1. The predicted octanol–water partition coefficient (Wildman–Crippen LogP) is 3.41. The predicted molar refractivity (Wildman–Crippen MR) is 102 cm³/mol. The molecule has 4 heteroatoms. The van der Waals surface area contributed by atoms with E-state index in [1.165, 1.54) is 24.9 Å². The molecular weight excluding hydrogens is 322 g/mol. The number of aromatic amines is 1. The minimum Gasteiger partial charge on any atom is -0.357 e. The summed E-state index contributed by atoms with van der Waals surface area (Å²) in [6.07, 6.45) is 6.77. The summed E-state index contributed by atoms with van der Waals surface area (Å²) in [6.45, 7) is 5.21. The van der Waals surface area contributed by atoms with Crippen molar-refractivity contribution in [3.05, 3.63) is 59.4 Å². The van der Waals surface area contributed by atoms with Crippen LogP contribution >= 0.6 is 0 Å². The Hall–Kier alpha value is -2.07. The topological polar surface area (TPSA) is 39.3 Å². The zero-order valence-corrected chi connectivity index (χ0v) is 15.3. The normalized spacial score (nSPS) is 22.4. The van der Waals surface area contributed by atoms with Crippen LogP contribution < -0.4 is 0 Å². The Balaban J connectivity index is 1.37. The third kappa shape index (κ3) is 2.86. The van der Waals surface area contributed by atoms with E-state index in [0.29, 0.717) is 5.69 Å². The number of hydrogen-bond acceptors (Lipinski definition) is 2. The van der Waals surface area contributed by atoms with Gasteiger partial charge in [-0.05, 0) is 54.9 Å². The highest BCUT2D eigenvalue weighted by atomic mass is 16.2. The Bertz CT molecular complexity index is 785. The number of rotatable bonds is 3. The average molecular weight is 349 g/mol. The van der Waals surface area contributed by atoms with Gasteiger partial charge in [-0.15, -0.1) is 0 Å². The fraction of sp³-hybridized carbons (Fsp3) is 0.500. The minimum absolute atomic E-state index is 0.142. The van der Waals surface area contributed by atoms with Crippen molar-refractivity contribution in [2.45, 2.75) is 37.6 Å². The summed E-state index contributed by atoms with van der Waals surface area (Å²) < 4.78 is 0. The van der Waals surface area contributed by atoms with Gasteiger partial charge < -0.3 is 9.88 Å². The molecule has 4 nitrogen and oxygen atoms in total. The number of likely N-dealkylation sites (tertiary alicyclic amines) is 1. The first-order valence-electron chi connectivity index (χ1n) is 9.97. The summed E-state index contributed by atoms with van der Waals surface area (Å²) in [6, 6.07) is 12.8. The lowest BCUT2D eigenvalue weighted by Gasteiger charge is -2.48. The molecule has 136 valence electrons. The van der Waals surface area contributed by atoms with Crippen LogP contribution in [0.1, 0.15) is 47.3 Å². The summed E-state index contributed by atoms with van der Waals surface area (Å²) in [7, 11) is 0. The van der Waals surface area contributed by atoms with E-state index in [9.17, 15) is 4.79 Å². The standard InChI is InChI=1S/C22H27N3O/c26-21(20-6-3-11-23-20)25-12-9-22(10-13-25)16-24(14-17-7-8-17)15-18-4-1-2-5-19(18)22/h1-6,11,17,23H,7-10,12-16H2. The number of nitrogens with zero attached hydrogens (tertiary/aromatic N) is 2. The van der Waals surface area contributed by atoms with Crippen molar-refractivity contribution in [3.63, 3.8) is 0 Å². The molecule has 2 aromatic rings. The molecule has 0 bridgehead atoms. The van der Waals surface area contributed by atoms with Crippen molar-refractivity contribution in [2.24, 2.45) is 5.92 Å². The number of benzene rings is 1. The molecule has 3 aliphatic rings. The van der Waals surface area contributed by atoms with Crippen LogP contribution in [0.25, 0.3) is 0 Å². The minimum atomic E-state index is 0.142. The second-order valence-electron chi connectivity index (χ2n) is 8.43. The molecule has 2 aliphatic heterocycles. The number of aromatic nitrogens is 1. The van der Waals surface area contributed by atoms with Crippen LogP contribution in [0.5, 0.6) is 0 Å². The summed E-state index contributed by atoms with van der Waals surface area (Å²) in [5, 5.41) is 0. The molecule has 0 atom stereocenters. The molecule has 0 unspecified atom stereocenters. The molecule has 5 rings (SSSR count). The Morgan fingerprint density at radius 2 is 1.92 bits per heavy atom. The van der Waals surface area contributed by atoms with Crippen LogP contribution in [-0.2, 0) is 12.0 Å². The van der Waals surface area contributed by atoms with E-state index in [1.54, 1.807) is 5.56 Å². The van der Waals surface area contributed by atoms with E-state index in [4.69, 9.17) is 0 Å². The summed E-state index contributed by atoms with van der Waals surface area (Å²) in [5.74, 6) is 1.07. The second kappa shape index (κ2) is 6.27. The van der Waals surface area contributed by atoms with Gasteiger partial charge in [0.15, 0.2) is 0 Å². The van der Waals surface area contributed by atoms with E-state index >= 15 is 0 Å². The first-order valence-corrected chi connectivity index (χ1v) is 9.97. The zero-order chi connectivity index (χ0) is 17.6. The molecule has 1 aliphatic carbocycles. The van der Waals surface area contributed by atoms with Crippen LogP contribution in [0.4, 0.5) is 0 Å². The van der Waals surface area contributed by atoms with Crippen molar-refractivity contribution < 1.29 is 4.79 Å². The van der Waals surface area contributed by atoms with Gasteiger partial charge in [-0.25, -0.2) is 0 Å². The Morgan fingerprint density at radius 3 is 2.65 bits per heavy atom. The number of amides is 1. The number of nitrogens with one attached hydrogen (secondary N) is 1. The van der Waals surface area contributed by atoms with Gasteiger partial charge in [-0.1, -0.05) is 24.3 Å². The Kier molecular flexibility index (Phi) is 3.89. The van der Waals surface area contributed by atoms with E-state index in [2.05, 4.69) is 34.1 Å². The molecule has 1 saturated carbocycles. The van der Waals surface area contributed by atoms with Crippen molar-refractivity contribution in [1.29, 1.82) is 0 Å². The summed E-state index contributed by atoms with van der Waals surface area (Å²) in [4.78, 5) is 20.4. The smallest absolute Gasteiger partial charge is 0.270 e. The molecular formula is C22H27N3O. The number of hydrogen-bond donors (Lipinski definition) is 1. The molecule has 26 heavy (non-hydrogen) atoms. The van der Waals surface area contributed by atoms with Crippen LogP contribution in [0, 0.1) is 5.92 Å². The van der Waals surface area contributed by atoms with Gasteiger partial charge in [0, 0.05) is 44.3 Å². The third-order valence-corrected chi connectivity index (χ3v) is 6.56. The van der Waals surface area contributed by atoms with Crippen molar-refractivity contribution >= 4 is 5.91 Å². The molecule has 1 aromatic heterocycles. The lowest BCUT2D eigenvalue weighted by Crippen LogP contribution is -2.53. The quantitative estimate of drug-likeness (QED) is 0.922. The van der Waals surface area contributed by atoms with Crippen LogP contribution in [-0.4, -0.2) is 46.9 Å². The summed E-state index contributed by atoms with van der Waals surface area (Å²) in [5.41, 5.74) is 3.97. The summed E-state index contributed by atoms with van der Waals surface area (Å²) >= 11 is 0. The van der Waals surface area contributed by atoms with Crippen molar-refractivity contribution in [2.75, 3.05) is 26.2 Å². The monoisotopic (exact) mass is 349 g/mol. The highest BCUT2D eigenvalue weighted by molar-refractivity contribution is 5.92. The SMILES string of the molecule is O=C(c1ccc[nH]1)N1CCC2(CC1)CN(CC1CC1)Cc1ccccc12. The molecule has 1 spiro atoms. The number of fused-ring (bicyclic) bond motifs is 2. The van der Waals surface area contributed by atoms with Gasteiger partial charge >= 0.3 is 0 Å². The van der Waals surface area contributed by atoms with Crippen molar-refractivity contribution in [3.8, 4) is 0 Å². The number of carbonyl (C=O) groups is 1. The van der Waals surface area contributed by atoms with E-state index < -0.39 is 0 Å². The first kappa shape index (κ1) is 16.1. The Morgan fingerprint density at radius 1 is 1.12 bits per heavy atom. The fourth-order valence-electron chi connectivity index (χ4n) is 4.98. The van der Waals surface area contributed by atoms with Crippen molar-refractivity contribution in [1.82, 2.24) is 14.8 Å². The zero-order valence-electron chi connectivity index (χ0n) is 15.3. The average Bonchev–Trinajstić information content (AvgIpc) is 3.31. The maximum absolute atomic E-state index is 12.7. The van der Waals surface area contributed by atoms with Crippen LogP contribution in [0.2, 0.25) is 0 Å². The van der Waals surface area contributed by atoms with E-state index in [0.717, 1.165) is 44.9 Å². The first-order chi connectivity index (χ1) is 12.7. The van der Waals surface area contributed by atoms with Gasteiger partial charge in [0.1, 0.15) is 5.69 Å². The lowest BCUT2D eigenvalue weighted by molar-refractivity contribution is 0.0585. The highest BCUT2D eigenvalue weighted by Gasteiger charge is 2.43. The Labute approximate surface area is 155 Å². The molecule has 1 amide bonds. The lowest BCUT2D eigenvalue weighted by atomic mass is 9.68. The molecule has 0 radical (unpaired) electrons. The maximum atomic E-state index is 12.7. The van der Waals surface area contributed by atoms with E-state index in [-0.39, 0.29) is 11.3 Å². The van der Waals surface area contributed by atoms with E-state index in [1.807, 2.05) is 23.2 Å². The largest absolute Gasteiger partial charge is 0.357 e. The highest BCUT2D eigenvalue weighted by Crippen LogP contribution is 2.43. The second-order valence-corrected chi connectivity index (χ2v) is 8.43. The van der Waals surface area contributed by atoms with Gasteiger partial charge in [-0.2, -0.15) is 0 Å². The van der Waals surface area contributed by atoms with Crippen LogP contribution in [0.15, 0.2) is 42.6 Å². The van der Waals surface area contributed by atoms with Gasteiger partial charge in [-0.3, -0.25) is 9.69 Å². The van der Waals surface area contributed by atoms with Gasteiger partial charge in [0.25, 0.3) is 5.91 Å². The molecule has 1 N–H and O–H groups in total. The number of piperidine rings is 1. The fourth-order valence-corrected chi connectivity index (χ4v) is 4.98. The molecule has 1 saturated heterocycles. The molecule has 2 fully saturated rings. The van der Waals surface area contributed by atoms with Gasteiger partial charge in [0.05, 0.1) is 0 Å². The molecule has 1 aromatic carbocycles. The maximum Gasteiger partial charge on any atom is 0.270 e. The van der Waals surface area contributed by atoms with Crippen LogP contribution in [0.3, 0.4) is 0 Å².